The van der Waals surface area contributed by atoms with Crippen LogP contribution in [0.1, 0.15) is 27.7 Å². The Morgan fingerprint density at radius 2 is 1.30 bits per heavy atom. The number of rotatable bonds is 1. The summed E-state index contributed by atoms with van der Waals surface area (Å²) in [6.07, 6.45) is 0. The molecule has 0 nitrogen and oxygen atoms in total. The Morgan fingerprint density at radius 3 is 1.50 bits per heavy atom. The van der Waals surface area contributed by atoms with Crippen LogP contribution < -0.4 is 0 Å². The zero-order valence-corrected chi connectivity index (χ0v) is 7.15. The molecule has 0 aliphatic rings. The van der Waals surface area contributed by atoms with E-state index in [2.05, 4.69) is 37.5 Å². The number of hydrogen-bond acceptors (Lipinski definition) is 0. The molecule has 0 rings (SSSR count). The van der Waals surface area contributed by atoms with Crippen molar-refractivity contribution in [1.82, 2.24) is 0 Å². The van der Waals surface area contributed by atoms with Crippen LogP contribution in [0.25, 0.3) is 0 Å². The summed E-state index contributed by atoms with van der Waals surface area (Å²) in [5.74, 6) is 12.7. The first-order valence-electron chi connectivity index (χ1n) is 3.57. The van der Waals surface area contributed by atoms with Gasteiger partial charge in [0.05, 0.1) is 5.92 Å². The maximum Gasteiger partial charge on any atom is 0.0834 e. The van der Waals surface area contributed by atoms with Gasteiger partial charge in [-0.1, -0.05) is 25.7 Å². The van der Waals surface area contributed by atoms with Crippen molar-refractivity contribution in [3.63, 3.8) is 0 Å². The van der Waals surface area contributed by atoms with Gasteiger partial charge in [0.2, 0.25) is 0 Å². The van der Waals surface area contributed by atoms with Crippen molar-refractivity contribution in [2.45, 2.75) is 27.7 Å². The summed E-state index contributed by atoms with van der Waals surface area (Å²) in [5, 5.41) is 0. The van der Waals surface area contributed by atoms with E-state index in [1.165, 1.54) is 0 Å². The molecule has 0 heteroatoms. The van der Waals surface area contributed by atoms with Gasteiger partial charge < -0.3 is 0 Å². The van der Waals surface area contributed by atoms with Crippen LogP contribution in [-0.2, 0) is 0 Å². The van der Waals surface area contributed by atoms with E-state index >= 15 is 0 Å². The molecule has 0 aromatic carbocycles. The van der Waals surface area contributed by atoms with Gasteiger partial charge in [0.25, 0.3) is 0 Å². The summed E-state index contributed by atoms with van der Waals surface area (Å²) >= 11 is 0. The maximum absolute atomic E-state index is 3.06. The minimum absolute atomic E-state index is 0.259. The molecular weight excluding hydrogens is 120 g/mol. The Kier molecular flexibility index (Phi) is 4.51. The summed E-state index contributed by atoms with van der Waals surface area (Å²) in [6.45, 7) is 7.98. The lowest BCUT2D eigenvalue weighted by Gasteiger charge is -2.05. The lowest BCUT2D eigenvalue weighted by Crippen LogP contribution is -2.02. The molecule has 0 amide bonds. The van der Waals surface area contributed by atoms with E-state index in [1.54, 1.807) is 0 Å². The van der Waals surface area contributed by atoms with E-state index in [0.717, 1.165) is 0 Å². The molecule has 0 spiro atoms. The van der Waals surface area contributed by atoms with Gasteiger partial charge in [-0.25, -0.2) is 0 Å². The SMILES string of the molecule is CC#CC(C#CC)C(C)C. The Balaban J connectivity index is 4.17. The van der Waals surface area contributed by atoms with E-state index in [9.17, 15) is 0 Å². The third-order valence-corrected chi connectivity index (χ3v) is 1.27. The van der Waals surface area contributed by atoms with Crippen LogP contribution in [0.2, 0.25) is 0 Å². The first-order chi connectivity index (χ1) is 4.72. The van der Waals surface area contributed by atoms with Crippen LogP contribution >= 0.6 is 0 Å². The molecule has 0 atom stereocenters. The first-order valence-corrected chi connectivity index (χ1v) is 3.57. The predicted octanol–water partition coefficient (Wildman–Crippen LogP) is 2.31. The minimum Gasteiger partial charge on any atom is -0.105 e. The largest absolute Gasteiger partial charge is 0.105 e. The van der Waals surface area contributed by atoms with E-state index in [-0.39, 0.29) is 5.92 Å². The number of hydrogen-bond donors (Lipinski definition) is 0. The van der Waals surface area contributed by atoms with Crippen molar-refractivity contribution in [1.29, 1.82) is 0 Å². The third kappa shape index (κ3) is 3.21. The lowest BCUT2D eigenvalue weighted by atomic mass is 9.97. The highest BCUT2D eigenvalue weighted by Gasteiger charge is 2.04. The van der Waals surface area contributed by atoms with Gasteiger partial charge in [0, 0.05) is 0 Å². The monoisotopic (exact) mass is 134 g/mol. The maximum atomic E-state index is 3.06. The van der Waals surface area contributed by atoms with Crippen LogP contribution in [0.5, 0.6) is 0 Å². The molecule has 0 bridgehead atoms. The van der Waals surface area contributed by atoms with Crippen LogP contribution in [0.15, 0.2) is 0 Å². The van der Waals surface area contributed by atoms with Gasteiger partial charge >= 0.3 is 0 Å². The van der Waals surface area contributed by atoms with Crippen LogP contribution in [0, 0.1) is 35.5 Å². The fourth-order valence-electron chi connectivity index (χ4n) is 0.680. The highest BCUT2D eigenvalue weighted by atomic mass is 14.1. The lowest BCUT2D eigenvalue weighted by molar-refractivity contribution is 0.580. The van der Waals surface area contributed by atoms with Crippen molar-refractivity contribution in [3.8, 4) is 23.7 Å². The second-order valence-electron chi connectivity index (χ2n) is 2.51. The predicted molar refractivity (Wildman–Crippen MR) is 45.2 cm³/mol. The van der Waals surface area contributed by atoms with Crippen LogP contribution in [-0.4, -0.2) is 0 Å². The summed E-state index contributed by atoms with van der Waals surface area (Å²) in [6, 6.07) is 0. The molecular formula is C10H14. The van der Waals surface area contributed by atoms with E-state index in [0.29, 0.717) is 5.92 Å². The smallest absolute Gasteiger partial charge is 0.0834 e. The summed E-state index contributed by atoms with van der Waals surface area (Å²) in [7, 11) is 0. The Labute approximate surface area is 64.0 Å². The van der Waals surface area contributed by atoms with Gasteiger partial charge in [-0.05, 0) is 19.8 Å². The van der Waals surface area contributed by atoms with Crippen molar-refractivity contribution in [3.05, 3.63) is 0 Å². The van der Waals surface area contributed by atoms with Crippen molar-refractivity contribution in [2.24, 2.45) is 11.8 Å². The second kappa shape index (κ2) is 4.95. The van der Waals surface area contributed by atoms with Crippen LogP contribution in [0.4, 0.5) is 0 Å². The minimum atomic E-state index is 0.259. The molecule has 0 unspecified atom stereocenters. The molecule has 0 aromatic heterocycles. The zero-order valence-electron chi connectivity index (χ0n) is 7.15. The molecule has 0 saturated heterocycles. The molecule has 0 fully saturated rings. The second-order valence-corrected chi connectivity index (χ2v) is 2.51. The Morgan fingerprint density at radius 1 is 0.900 bits per heavy atom. The van der Waals surface area contributed by atoms with Crippen molar-refractivity contribution >= 4 is 0 Å². The summed E-state index contributed by atoms with van der Waals surface area (Å²) in [4.78, 5) is 0. The Hall–Kier alpha value is -0.880. The summed E-state index contributed by atoms with van der Waals surface area (Å²) in [5.41, 5.74) is 0. The Bertz CT molecular complexity index is 170. The molecule has 0 radical (unpaired) electrons. The van der Waals surface area contributed by atoms with E-state index < -0.39 is 0 Å². The van der Waals surface area contributed by atoms with Crippen molar-refractivity contribution in [2.75, 3.05) is 0 Å². The quantitative estimate of drug-likeness (QED) is 0.483. The average Bonchev–Trinajstić information content (AvgIpc) is 1.87. The molecule has 0 aromatic rings. The van der Waals surface area contributed by atoms with Gasteiger partial charge in [-0.2, -0.15) is 0 Å². The molecule has 0 aliphatic carbocycles. The first kappa shape index (κ1) is 9.12. The zero-order chi connectivity index (χ0) is 7.98. The highest BCUT2D eigenvalue weighted by molar-refractivity contribution is 5.16. The van der Waals surface area contributed by atoms with E-state index in [4.69, 9.17) is 0 Å². The van der Waals surface area contributed by atoms with Crippen LogP contribution in [0.3, 0.4) is 0 Å². The fraction of sp³-hybridized carbons (Fsp3) is 0.600. The van der Waals surface area contributed by atoms with Gasteiger partial charge in [0.1, 0.15) is 0 Å². The third-order valence-electron chi connectivity index (χ3n) is 1.27. The highest BCUT2D eigenvalue weighted by Crippen LogP contribution is 2.07. The average molecular weight is 134 g/mol. The topological polar surface area (TPSA) is 0 Å². The normalized spacial score (nSPS) is 8.20. The molecule has 0 heterocycles. The molecule has 10 heavy (non-hydrogen) atoms. The fourth-order valence-corrected chi connectivity index (χ4v) is 0.680. The molecule has 0 aliphatic heterocycles. The molecule has 0 saturated carbocycles. The van der Waals surface area contributed by atoms with Gasteiger partial charge in [0.15, 0.2) is 0 Å². The standard InChI is InChI=1S/C10H14/c1-5-7-10(8-6-2)9(3)4/h9-10H,1-4H3. The molecule has 0 N–H and O–H groups in total. The van der Waals surface area contributed by atoms with Crippen molar-refractivity contribution < 1.29 is 0 Å². The van der Waals surface area contributed by atoms with Gasteiger partial charge in [-0.3, -0.25) is 0 Å². The molecule has 54 valence electrons. The van der Waals surface area contributed by atoms with E-state index in [1.807, 2.05) is 13.8 Å². The van der Waals surface area contributed by atoms with Gasteiger partial charge in [-0.15, -0.1) is 11.8 Å². The summed E-state index contributed by atoms with van der Waals surface area (Å²) < 4.78 is 0.